The quantitative estimate of drug-likeness (QED) is 0.283. The molecule has 3 aromatic carbocycles. The molecule has 3 aromatic heterocycles. The zero-order valence-electron chi connectivity index (χ0n) is 20.6. The van der Waals surface area contributed by atoms with E-state index in [1.165, 1.54) is 12.3 Å². The van der Waals surface area contributed by atoms with Gasteiger partial charge in [-0.1, -0.05) is 66.2 Å². The maximum absolute atomic E-state index is 14.0. The predicted octanol–water partition coefficient (Wildman–Crippen LogP) is 6.37. The van der Waals surface area contributed by atoms with E-state index < -0.39 is 17.8 Å². The average Bonchev–Trinajstić information content (AvgIpc) is 3.54. The number of carbonyl (C=O) groups is 1. The van der Waals surface area contributed by atoms with Crippen molar-refractivity contribution in [1.82, 2.24) is 24.4 Å². The van der Waals surface area contributed by atoms with Gasteiger partial charge in [-0.05, 0) is 35.4 Å². The lowest BCUT2D eigenvalue weighted by Gasteiger charge is -2.11. The molecular formula is C29H21F3N6O. The number of fused-ring (bicyclic) bond motifs is 2. The molecule has 0 radical (unpaired) electrons. The number of halogens is 3. The van der Waals surface area contributed by atoms with Crippen LogP contribution in [0.4, 0.5) is 18.9 Å². The van der Waals surface area contributed by atoms with Crippen molar-refractivity contribution in [2.24, 2.45) is 0 Å². The topological polar surface area (TPSA) is 77.1 Å². The average molecular weight is 527 g/mol. The zero-order chi connectivity index (χ0) is 27.1. The molecule has 3 heterocycles. The SMILES string of the molecule is Cc1cccc(Cn2cc(NC(=O)c3cc4nc(-c5ccc6ccccc6c5)cc(C(F)(F)F)n4n3)cn2)c1. The van der Waals surface area contributed by atoms with Crippen LogP contribution in [0.5, 0.6) is 0 Å². The maximum atomic E-state index is 14.0. The van der Waals surface area contributed by atoms with E-state index in [0.29, 0.717) is 22.3 Å². The summed E-state index contributed by atoms with van der Waals surface area (Å²) in [5, 5.41) is 12.7. The standard InChI is InChI=1S/C29H21F3N6O/c1-18-5-4-6-19(11-18)16-37-17-23(15-33-37)34-28(39)25-14-27-35-24(13-26(29(30,31)32)38(27)36-25)22-10-9-20-7-2-3-8-21(20)12-22/h2-15,17H,16H2,1H3,(H,34,39). The van der Waals surface area contributed by atoms with Crippen LogP contribution in [0.1, 0.15) is 27.3 Å². The van der Waals surface area contributed by atoms with Crippen molar-refractivity contribution >= 4 is 28.0 Å². The number of benzene rings is 3. The number of carbonyl (C=O) groups excluding carboxylic acids is 1. The zero-order valence-corrected chi connectivity index (χ0v) is 20.6. The van der Waals surface area contributed by atoms with Crippen LogP contribution in [0, 0.1) is 6.92 Å². The predicted molar refractivity (Wildman–Crippen MR) is 141 cm³/mol. The number of aryl methyl sites for hydroxylation is 1. The van der Waals surface area contributed by atoms with Gasteiger partial charge in [0.2, 0.25) is 0 Å². The van der Waals surface area contributed by atoms with E-state index in [4.69, 9.17) is 0 Å². The molecule has 0 saturated heterocycles. The lowest BCUT2D eigenvalue weighted by molar-refractivity contribution is -0.142. The van der Waals surface area contributed by atoms with E-state index >= 15 is 0 Å². The van der Waals surface area contributed by atoms with Crippen LogP contribution < -0.4 is 5.32 Å². The summed E-state index contributed by atoms with van der Waals surface area (Å²) in [7, 11) is 0. The van der Waals surface area contributed by atoms with Crippen LogP contribution in [-0.4, -0.2) is 30.3 Å². The number of hydrogen-bond donors (Lipinski definition) is 1. The number of nitrogens with zero attached hydrogens (tertiary/aromatic N) is 5. The fourth-order valence-corrected chi connectivity index (χ4v) is 4.49. The largest absolute Gasteiger partial charge is 0.433 e. The number of rotatable bonds is 5. The first-order chi connectivity index (χ1) is 18.7. The number of anilines is 1. The summed E-state index contributed by atoms with van der Waals surface area (Å²) in [6, 6.07) is 23.0. The van der Waals surface area contributed by atoms with E-state index in [0.717, 1.165) is 28.0 Å². The minimum Gasteiger partial charge on any atom is -0.318 e. The van der Waals surface area contributed by atoms with E-state index in [1.807, 2.05) is 61.5 Å². The molecule has 7 nitrogen and oxygen atoms in total. The molecule has 6 rings (SSSR count). The molecule has 10 heteroatoms. The van der Waals surface area contributed by atoms with Gasteiger partial charge in [-0.3, -0.25) is 9.48 Å². The highest BCUT2D eigenvalue weighted by molar-refractivity contribution is 6.03. The molecule has 6 aromatic rings. The van der Waals surface area contributed by atoms with Crippen molar-refractivity contribution in [2.45, 2.75) is 19.6 Å². The van der Waals surface area contributed by atoms with Gasteiger partial charge in [0, 0.05) is 17.8 Å². The first kappa shape index (κ1) is 24.4. The molecule has 0 aliphatic heterocycles. The van der Waals surface area contributed by atoms with Crippen LogP contribution in [0.2, 0.25) is 0 Å². The minimum absolute atomic E-state index is 0.0896. The molecule has 0 fully saturated rings. The van der Waals surface area contributed by atoms with Crippen LogP contribution in [-0.2, 0) is 12.7 Å². The molecule has 1 N–H and O–H groups in total. The first-order valence-corrected chi connectivity index (χ1v) is 12.1. The molecule has 0 bridgehead atoms. The fraction of sp³-hybridized carbons (Fsp3) is 0.103. The van der Waals surface area contributed by atoms with Gasteiger partial charge in [-0.25, -0.2) is 9.50 Å². The number of hydrogen-bond acceptors (Lipinski definition) is 4. The molecule has 0 aliphatic carbocycles. The second kappa shape index (κ2) is 9.39. The highest BCUT2D eigenvalue weighted by atomic mass is 19.4. The molecule has 0 aliphatic rings. The van der Waals surface area contributed by atoms with Crippen molar-refractivity contribution in [2.75, 3.05) is 5.32 Å². The van der Waals surface area contributed by atoms with Gasteiger partial charge in [0.25, 0.3) is 5.91 Å². The summed E-state index contributed by atoms with van der Waals surface area (Å²) in [4.78, 5) is 17.3. The number of nitrogens with one attached hydrogen (secondary N) is 1. The Morgan fingerprint density at radius 2 is 1.77 bits per heavy atom. The maximum Gasteiger partial charge on any atom is 0.433 e. The third-order valence-electron chi connectivity index (χ3n) is 6.31. The van der Waals surface area contributed by atoms with Crippen molar-refractivity contribution in [3.05, 3.63) is 114 Å². The highest BCUT2D eigenvalue weighted by Gasteiger charge is 2.35. The molecule has 0 saturated carbocycles. The first-order valence-electron chi connectivity index (χ1n) is 12.1. The van der Waals surface area contributed by atoms with Gasteiger partial charge >= 0.3 is 6.18 Å². The Morgan fingerprint density at radius 3 is 2.56 bits per heavy atom. The van der Waals surface area contributed by atoms with E-state index in [9.17, 15) is 18.0 Å². The number of alkyl halides is 3. The Labute approximate surface area is 220 Å². The molecule has 194 valence electrons. The van der Waals surface area contributed by atoms with E-state index in [1.54, 1.807) is 23.0 Å². The Balaban J connectivity index is 1.30. The van der Waals surface area contributed by atoms with E-state index in [-0.39, 0.29) is 17.0 Å². The molecule has 1 amide bonds. The Kier molecular flexibility index (Phi) is 5.86. The van der Waals surface area contributed by atoms with Crippen LogP contribution in [0.15, 0.2) is 91.3 Å². The molecule has 39 heavy (non-hydrogen) atoms. The highest BCUT2D eigenvalue weighted by Crippen LogP contribution is 2.33. The van der Waals surface area contributed by atoms with Crippen molar-refractivity contribution < 1.29 is 18.0 Å². The van der Waals surface area contributed by atoms with Gasteiger partial charge in [0.1, 0.15) is 0 Å². The Morgan fingerprint density at radius 1 is 0.949 bits per heavy atom. The summed E-state index contributed by atoms with van der Waals surface area (Å²) in [6.45, 7) is 2.50. The van der Waals surface area contributed by atoms with Crippen LogP contribution >= 0.6 is 0 Å². The Hall–Kier alpha value is -4.99. The molecule has 0 unspecified atom stereocenters. The lowest BCUT2D eigenvalue weighted by Crippen LogP contribution is -2.15. The smallest absolute Gasteiger partial charge is 0.318 e. The summed E-state index contributed by atoms with van der Waals surface area (Å²) in [6.07, 6.45) is -1.60. The van der Waals surface area contributed by atoms with Crippen molar-refractivity contribution in [1.29, 1.82) is 0 Å². The summed E-state index contributed by atoms with van der Waals surface area (Å²) in [5.41, 5.74) is 1.90. The van der Waals surface area contributed by atoms with Crippen molar-refractivity contribution in [3.8, 4) is 11.3 Å². The normalized spacial score (nSPS) is 11.8. The van der Waals surface area contributed by atoms with Gasteiger partial charge in [0.05, 0.1) is 24.1 Å². The lowest BCUT2D eigenvalue weighted by atomic mass is 10.0. The third kappa shape index (κ3) is 4.96. The monoisotopic (exact) mass is 526 g/mol. The number of amides is 1. The molecular weight excluding hydrogens is 505 g/mol. The summed E-state index contributed by atoms with van der Waals surface area (Å²) in [5.74, 6) is -0.670. The number of aromatic nitrogens is 5. The van der Waals surface area contributed by atoms with Gasteiger partial charge < -0.3 is 5.32 Å². The van der Waals surface area contributed by atoms with Crippen molar-refractivity contribution in [3.63, 3.8) is 0 Å². The third-order valence-corrected chi connectivity index (χ3v) is 6.31. The molecule has 0 spiro atoms. The summed E-state index contributed by atoms with van der Waals surface area (Å²) < 4.78 is 44.4. The van der Waals surface area contributed by atoms with Gasteiger partial charge in [0.15, 0.2) is 17.0 Å². The van der Waals surface area contributed by atoms with Gasteiger partial charge in [-0.2, -0.15) is 23.4 Å². The Bertz CT molecular complexity index is 1850. The van der Waals surface area contributed by atoms with Crippen LogP contribution in [0.25, 0.3) is 27.7 Å². The molecule has 0 atom stereocenters. The van der Waals surface area contributed by atoms with Crippen LogP contribution in [0.3, 0.4) is 0 Å². The second-order valence-electron chi connectivity index (χ2n) is 9.26. The summed E-state index contributed by atoms with van der Waals surface area (Å²) >= 11 is 0. The fourth-order valence-electron chi connectivity index (χ4n) is 4.49. The second-order valence-corrected chi connectivity index (χ2v) is 9.26. The van der Waals surface area contributed by atoms with E-state index in [2.05, 4.69) is 20.5 Å². The van der Waals surface area contributed by atoms with Gasteiger partial charge in [-0.15, -0.1) is 0 Å². The minimum atomic E-state index is -4.72.